The minimum absolute atomic E-state index is 0.226. The number of hydrogen-bond donors (Lipinski definition) is 2. The monoisotopic (exact) mass is 388 g/mol. The van der Waals surface area contributed by atoms with Gasteiger partial charge in [0, 0.05) is 10.2 Å². The summed E-state index contributed by atoms with van der Waals surface area (Å²) >= 11 is 3.37. The summed E-state index contributed by atoms with van der Waals surface area (Å²) in [6, 6.07) is 13.5. The van der Waals surface area contributed by atoms with Crippen molar-refractivity contribution in [3.05, 3.63) is 58.1 Å². The number of aryl methyl sites for hydroxylation is 1. The summed E-state index contributed by atoms with van der Waals surface area (Å²) in [5.74, 6) is 0.960. The van der Waals surface area contributed by atoms with Gasteiger partial charge in [-0.3, -0.25) is 0 Å². The average molecular weight is 389 g/mol. The molecule has 0 unspecified atom stereocenters. The molecule has 5 heteroatoms. The first kappa shape index (κ1) is 16.8. The number of nitrogens with one attached hydrogen (secondary N) is 2. The van der Waals surface area contributed by atoms with Crippen LogP contribution in [0, 0.1) is 0 Å². The maximum atomic E-state index is 11.9. The minimum Gasteiger partial charge on any atom is -0.491 e. The van der Waals surface area contributed by atoms with Gasteiger partial charge in [0.25, 0.3) is 0 Å². The van der Waals surface area contributed by atoms with Crippen LogP contribution in [0.25, 0.3) is 0 Å². The molecule has 24 heavy (non-hydrogen) atoms. The predicted octanol–water partition coefficient (Wildman–Crippen LogP) is 4.53. The van der Waals surface area contributed by atoms with Gasteiger partial charge in [-0.1, -0.05) is 28.1 Å². The zero-order chi connectivity index (χ0) is 16.8. The van der Waals surface area contributed by atoms with Crippen LogP contribution in [0.2, 0.25) is 0 Å². The first-order chi connectivity index (χ1) is 11.7. The molecule has 0 fully saturated rings. The summed E-state index contributed by atoms with van der Waals surface area (Å²) in [5, 5.41) is 5.60. The fourth-order valence-electron chi connectivity index (χ4n) is 2.92. The smallest absolute Gasteiger partial charge is 0.319 e. The lowest BCUT2D eigenvalue weighted by Gasteiger charge is -2.19. The highest BCUT2D eigenvalue weighted by atomic mass is 79.9. The van der Waals surface area contributed by atoms with E-state index in [9.17, 15) is 4.79 Å². The second kappa shape index (κ2) is 8.20. The van der Waals surface area contributed by atoms with Crippen LogP contribution < -0.4 is 15.4 Å². The van der Waals surface area contributed by atoms with Gasteiger partial charge in [-0.05, 0) is 67.1 Å². The molecule has 3 rings (SSSR count). The van der Waals surface area contributed by atoms with Crippen LogP contribution >= 0.6 is 15.9 Å². The fourth-order valence-corrected chi connectivity index (χ4v) is 3.18. The third-order valence-corrected chi connectivity index (χ3v) is 4.63. The van der Waals surface area contributed by atoms with Crippen molar-refractivity contribution in [1.82, 2.24) is 5.32 Å². The van der Waals surface area contributed by atoms with Gasteiger partial charge < -0.3 is 15.4 Å². The molecule has 1 aliphatic carbocycles. The van der Waals surface area contributed by atoms with Crippen molar-refractivity contribution >= 4 is 27.6 Å². The van der Waals surface area contributed by atoms with Gasteiger partial charge in [0.1, 0.15) is 12.4 Å². The number of benzene rings is 2. The first-order valence-electron chi connectivity index (χ1n) is 8.26. The minimum atomic E-state index is -0.226. The van der Waals surface area contributed by atoms with Gasteiger partial charge in [-0.25, -0.2) is 4.79 Å². The van der Waals surface area contributed by atoms with E-state index in [4.69, 9.17) is 4.74 Å². The second-order valence-corrected chi connectivity index (χ2v) is 6.75. The Labute approximate surface area is 150 Å². The van der Waals surface area contributed by atoms with E-state index in [1.165, 1.54) is 24.0 Å². The van der Waals surface area contributed by atoms with E-state index in [-0.39, 0.29) is 6.03 Å². The zero-order valence-electron chi connectivity index (χ0n) is 13.5. The van der Waals surface area contributed by atoms with Gasteiger partial charge in [0.2, 0.25) is 0 Å². The van der Waals surface area contributed by atoms with Crippen molar-refractivity contribution < 1.29 is 9.53 Å². The number of fused-ring (bicyclic) bond motifs is 1. The van der Waals surface area contributed by atoms with Crippen LogP contribution in [0.3, 0.4) is 0 Å². The molecule has 0 spiro atoms. The van der Waals surface area contributed by atoms with Gasteiger partial charge in [0.15, 0.2) is 0 Å². The van der Waals surface area contributed by atoms with Gasteiger partial charge in [-0.15, -0.1) is 0 Å². The van der Waals surface area contributed by atoms with Crippen LogP contribution in [0.15, 0.2) is 46.9 Å². The molecule has 2 aromatic rings. The maximum absolute atomic E-state index is 11.9. The Hall–Kier alpha value is -2.01. The fraction of sp³-hybridized carbons (Fsp3) is 0.316. The molecular formula is C19H21BrN2O2. The van der Waals surface area contributed by atoms with E-state index >= 15 is 0 Å². The van der Waals surface area contributed by atoms with Crippen LogP contribution in [0.4, 0.5) is 10.5 Å². The van der Waals surface area contributed by atoms with Crippen LogP contribution in [0.5, 0.6) is 5.75 Å². The molecule has 0 aliphatic heterocycles. The molecule has 0 atom stereocenters. The molecule has 0 bridgehead atoms. The molecule has 2 aromatic carbocycles. The predicted molar refractivity (Wildman–Crippen MR) is 99.7 cm³/mol. The molecule has 0 heterocycles. The Bertz CT molecular complexity index is 701. The molecule has 2 N–H and O–H groups in total. The molecule has 0 aromatic heterocycles. The van der Waals surface area contributed by atoms with E-state index in [0.29, 0.717) is 13.2 Å². The van der Waals surface area contributed by atoms with Crippen LogP contribution in [0.1, 0.15) is 24.0 Å². The molecular weight excluding hydrogens is 368 g/mol. The number of rotatable bonds is 5. The van der Waals surface area contributed by atoms with Crippen molar-refractivity contribution in [1.29, 1.82) is 0 Å². The largest absolute Gasteiger partial charge is 0.491 e. The standard InChI is InChI=1S/C19H21BrN2O2/c20-15-8-10-16(11-9-15)22-19(23)21-12-13-24-18-7-3-5-14-4-1-2-6-17(14)18/h3,5,7-11H,1-2,4,6,12-13H2,(H2,21,22,23). The third kappa shape index (κ3) is 4.51. The summed E-state index contributed by atoms with van der Waals surface area (Å²) in [6.07, 6.45) is 4.71. The van der Waals surface area contributed by atoms with Crippen molar-refractivity contribution in [2.45, 2.75) is 25.7 Å². The lowest BCUT2D eigenvalue weighted by atomic mass is 9.91. The number of hydrogen-bond acceptors (Lipinski definition) is 2. The second-order valence-electron chi connectivity index (χ2n) is 5.84. The Morgan fingerprint density at radius 1 is 1.08 bits per heavy atom. The average Bonchev–Trinajstić information content (AvgIpc) is 2.61. The number of urea groups is 1. The SMILES string of the molecule is O=C(NCCOc1cccc2c1CCCC2)Nc1ccc(Br)cc1. The normalized spacial score (nSPS) is 13.0. The van der Waals surface area contributed by atoms with Gasteiger partial charge in [-0.2, -0.15) is 0 Å². The first-order valence-corrected chi connectivity index (χ1v) is 9.05. The Balaban J connectivity index is 1.44. The van der Waals surface area contributed by atoms with E-state index in [2.05, 4.69) is 32.6 Å². The van der Waals surface area contributed by atoms with Crippen LogP contribution in [-0.4, -0.2) is 19.2 Å². The van der Waals surface area contributed by atoms with Crippen molar-refractivity contribution in [3.8, 4) is 5.75 Å². The molecule has 0 saturated heterocycles. The highest BCUT2D eigenvalue weighted by Crippen LogP contribution is 2.29. The van der Waals surface area contributed by atoms with Gasteiger partial charge in [0.05, 0.1) is 6.54 Å². The number of carbonyl (C=O) groups is 1. The summed E-state index contributed by atoms with van der Waals surface area (Å²) in [7, 11) is 0. The van der Waals surface area contributed by atoms with E-state index in [1.54, 1.807) is 0 Å². The highest BCUT2D eigenvalue weighted by Gasteiger charge is 2.13. The molecule has 4 nitrogen and oxygen atoms in total. The summed E-state index contributed by atoms with van der Waals surface area (Å²) in [6.45, 7) is 0.927. The number of amides is 2. The zero-order valence-corrected chi connectivity index (χ0v) is 15.1. The van der Waals surface area contributed by atoms with Crippen molar-refractivity contribution in [2.75, 3.05) is 18.5 Å². The molecule has 0 radical (unpaired) electrons. The molecule has 2 amide bonds. The van der Waals surface area contributed by atoms with Crippen molar-refractivity contribution in [2.24, 2.45) is 0 Å². The Kier molecular flexibility index (Phi) is 5.75. The van der Waals surface area contributed by atoms with Crippen molar-refractivity contribution in [3.63, 3.8) is 0 Å². The number of anilines is 1. The lowest BCUT2D eigenvalue weighted by Crippen LogP contribution is -2.32. The summed E-state index contributed by atoms with van der Waals surface area (Å²) < 4.78 is 6.85. The third-order valence-electron chi connectivity index (χ3n) is 4.10. The van der Waals surface area contributed by atoms with E-state index in [1.807, 2.05) is 36.4 Å². The number of ether oxygens (including phenoxy) is 1. The number of carbonyl (C=O) groups excluding carboxylic acids is 1. The lowest BCUT2D eigenvalue weighted by molar-refractivity contribution is 0.247. The van der Waals surface area contributed by atoms with E-state index < -0.39 is 0 Å². The topological polar surface area (TPSA) is 50.4 Å². The number of halogens is 1. The van der Waals surface area contributed by atoms with Crippen LogP contribution in [-0.2, 0) is 12.8 Å². The van der Waals surface area contributed by atoms with E-state index in [0.717, 1.165) is 28.8 Å². The molecule has 126 valence electrons. The Morgan fingerprint density at radius 3 is 2.71 bits per heavy atom. The summed E-state index contributed by atoms with van der Waals surface area (Å²) in [5.41, 5.74) is 3.50. The molecule has 0 saturated carbocycles. The van der Waals surface area contributed by atoms with Gasteiger partial charge >= 0.3 is 6.03 Å². The summed E-state index contributed by atoms with van der Waals surface area (Å²) in [4.78, 5) is 11.9. The quantitative estimate of drug-likeness (QED) is 0.739. The molecule has 1 aliphatic rings. The Morgan fingerprint density at radius 2 is 1.88 bits per heavy atom. The maximum Gasteiger partial charge on any atom is 0.319 e. The highest BCUT2D eigenvalue weighted by molar-refractivity contribution is 9.10.